The fraction of sp³-hybridized carbons (Fsp3) is 0.611. The lowest BCUT2D eigenvalue weighted by Gasteiger charge is -2.30. The largest absolute Gasteiger partial charge is 0.493 e. The molecule has 0 unspecified atom stereocenters. The molecule has 1 amide bonds. The molecule has 0 saturated carbocycles. The first kappa shape index (κ1) is 20.5. The van der Waals surface area contributed by atoms with Gasteiger partial charge in [0.2, 0.25) is 15.9 Å². The summed E-state index contributed by atoms with van der Waals surface area (Å²) in [5, 5.41) is 2.88. The van der Waals surface area contributed by atoms with Crippen LogP contribution in [0.3, 0.4) is 0 Å². The summed E-state index contributed by atoms with van der Waals surface area (Å²) in [4.78, 5) is 12.5. The van der Waals surface area contributed by atoms with E-state index in [0.29, 0.717) is 49.5 Å². The third kappa shape index (κ3) is 5.11. The summed E-state index contributed by atoms with van der Waals surface area (Å²) in [5.74, 6) is 1.04. The number of anilines is 1. The fourth-order valence-electron chi connectivity index (χ4n) is 3.01. The monoisotopic (exact) mass is 384 g/mol. The van der Waals surface area contributed by atoms with Crippen molar-refractivity contribution in [2.75, 3.05) is 38.4 Å². The van der Waals surface area contributed by atoms with Gasteiger partial charge in [0.05, 0.1) is 20.0 Å². The molecule has 1 aliphatic heterocycles. The third-order valence-electron chi connectivity index (χ3n) is 4.63. The van der Waals surface area contributed by atoms with E-state index in [1.165, 1.54) is 11.4 Å². The molecule has 7 nitrogen and oxygen atoms in total. The second-order valence-electron chi connectivity index (χ2n) is 6.40. The SMILES string of the molecule is CCCCS(=O)(=O)N1CCC(C(=O)Nc2ccc(OC)c(OC)c2)CC1. The van der Waals surface area contributed by atoms with Crippen LogP contribution in [0.15, 0.2) is 18.2 Å². The molecule has 0 bridgehead atoms. The number of nitrogens with one attached hydrogen (secondary N) is 1. The first-order valence-corrected chi connectivity index (χ1v) is 10.5. The number of sulfonamides is 1. The van der Waals surface area contributed by atoms with Gasteiger partial charge in [-0.1, -0.05) is 13.3 Å². The molecule has 146 valence electrons. The molecule has 26 heavy (non-hydrogen) atoms. The van der Waals surface area contributed by atoms with Gasteiger partial charge < -0.3 is 14.8 Å². The van der Waals surface area contributed by atoms with Gasteiger partial charge in [-0.2, -0.15) is 0 Å². The summed E-state index contributed by atoms with van der Waals surface area (Å²) in [5.41, 5.74) is 0.630. The number of rotatable bonds is 8. The van der Waals surface area contributed by atoms with Crippen LogP contribution >= 0.6 is 0 Å². The topological polar surface area (TPSA) is 84.9 Å². The lowest BCUT2D eigenvalue weighted by Crippen LogP contribution is -2.42. The van der Waals surface area contributed by atoms with Gasteiger partial charge in [0.1, 0.15) is 0 Å². The molecule has 1 aliphatic rings. The Kier molecular flexibility index (Phi) is 7.28. The van der Waals surface area contributed by atoms with Gasteiger partial charge in [-0.25, -0.2) is 12.7 Å². The Balaban J connectivity index is 1.92. The fourth-order valence-corrected chi connectivity index (χ4v) is 4.69. The molecule has 1 N–H and O–H groups in total. The summed E-state index contributed by atoms with van der Waals surface area (Å²) in [6.07, 6.45) is 2.58. The summed E-state index contributed by atoms with van der Waals surface area (Å²) >= 11 is 0. The molecule has 1 heterocycles. The molecule has 0 aliphatic carbocycles. The van der Waals surface area contributed by atoms with Crippen LogP contribution in [-0.2, 0) is 14.8 Å². The van der Waals surface area contributed by atoms with Gasteiger partial charge in [0.25, 0.3) is 0 Å². The molecule has 0 aromatic heterocycles. The van der Waals surface area contributed by atoms with Crippen LogP contribution in [-0.4, -0.2) is 51.7 Å². The predicted octanol–water partition coefficient (Wildman–Crippen LogP) is 2.48. The second kappa shape index (κ2) is 9.23. The maximum atomic E-state index is 12.5. The molecular formula is C18H28N2O5S. The summed E-state index contributed by atoms with van der Waals surface area (Å²) in [6.45, 7) is 2.77. The maximum absolute atomic E-state index is 12.5. The van der Waals surface area contributed by atoms with Crippen molar-refractivity contribution in [1.29, 1.82) is 0 Å². The van der Waals surface area contributed by atoms with Crippen molar-refractivity contribution < 1.29 is 22.7 Å². The van der Waals surface area contributed by atoms with Crippen molar-refractivity contribution in [3.63, 3.8) is 0 Å². The zero-order chi connectivity index (χ0) is 19.2. The summed E-state index contributed by atoms with van der Waals surface area (Å²) in [6, 6.07) is 5.20. The first-order valence-electron chi connectivity index (χ1n) is 8.92. The number of methoxy groups -OCH3 is 2. The van der Waals surface area contributed by atoms with Crippen molar-refractivity contribution >= 4 is 21.6 Å². The maximum Gasteiger partial charge on any atom is 0.227 e. The molecule has 1 aromatic rings. The normalized spacial score (nSPS) is 16.3. The zero-order valence-electron chi connectivity index (χ0n) is 15.7. The Hall–Kier alpha value is -1.80. The molecular weight excluding hydrogens is 356 g/mol. The van der Waals surface area contributed by atoms with Crippen LogP contribution in [0.5, 0.6) is 11.5 Å². The van der Waals surface area contributed by atoms with E-state index in [0.717, 1.165) is 6.42 Å². The number of amides is 1. The van der Waals surface area contributed by atoms with E-state index in [9.17, 15) is 13.2 Å². The number of nitrogens with zero attached hydrogens (tertiary/aromatic N) is 1. The second-order valence-corrected chi connectivity index (χ2v) is 8.49. The number of hydrogen-bond acceptors (Lipinski definition) is 5. The van der Waals surface area contributed by atoms with Gasteiger partial charge in [-0.15, -0.1) is 0 Å². The van der Waals surface area contributed by atoms with E-state index in [1.54, 1.807) is 25.3 Å². The average molecular weight is 384 g/mol. The Labute approximate surface area is 155 Å². The van der Waals surface area contributed by atoms with Crippen LogP contribution in [0.2, 0.25) is 0 Å². The molecule has 0 radical (unpaired) electrons. The minimum absolute atomic E-state index is 0.0946. The number of ether oxygens (including phenoxy) is 2. The standard InChI is InChI=1S/C18H28N2O5S/c1-4-5-12-26(22,23)20-10-8-14(9-11-20)18(21)19-15-6-7-16(24-2)17(13-15)25-3/h6-7,13-14H,4-5,8-12H2,1-3H3,(H,19,21). The molecule has 8 heteroatoms. The van der Waals surface area contributed by atoms with Crippen molar-refractivity contribution in [3.05, 3.63) is 18.2 Å². The van der Waals surface area contributed by atoms with Gasteiger partial charge in [-0.05, 0) is 31.4 Å². The van der Waals surface area contributed by atoms with Crippen molar-refractivity contribution in [3.8, 4) is 11.5 Å². The number of benzene rings is 1. The van der Waals surface area contributed by atoms with Gasteiger partial charge in [-0.3, -0.25) is 4.79 Å². The van der Waals surface area contributed by atoms with E-state index in [2.05, 4.69) is 5.32 Å². The van der Waals surface area contributed by atoms with Gasteiger partial charge in [0.15, 0.2) is 11.5 Å². The molecule has 1 saturated heterocycles. The lowest BCUT2D eigenvalue weighted by atomic mass is 9.97. The number of unbranched alkanes of at least 4 members (excludes halogenated alkanes) is 1. The van der Waals surface area contributed by atoms with Crippen LogP contribution in [0.1, 0.15) is 32.6 Å². The molecule has 1 aromatic carbocycles. The highest BCUT2D eigenvalue weighted by atomic mass is 32.2. The van der Waals surface area contributed by atoms with Crippen LogP contribution in [0.4, 0.5) is 5.69 Å². The minimum Gasteiger partial charge on any atom is -0.493 e. The summed E-state index contributed by atoms with van der Waals surface area (Å²) < 4.78 is 36.4. The lowest BCUT2D eigenvalue weighted by molar-refractivity contribution is -0.120. The zero-order valence-corrected chi connectivity index (χ0v) is 16.5. The Morgan fingerprint density at radius 3 is 2.42 bits per heavy atom. The van der Waals surface area contributed by atoms with E-state index in [1.807, 2.05) is 6.92 Å². The molecule has 2 rings (SSSR count). The average Bonchev–Trinajstić information content (AvgIpc) is 2.66. The quantitative estimate of drug-likeness (QED) is 0.744. The Morgan fingerprint density at radius 1 is 1.19 bits per heavy atom. The molecule has 1 fully saturated rings. The summed E-state index contributed by atoms with van der Waals surface area (Å²) in [7, 11) is -0.105. The number of hydrogen-bond donors (Lipinski definition) is 1. The number of carbonyl (C=O) groups is 1. The number of piperidine rings is 1. The van der Waals surface area contributed by atoms with Crippen molar-refractivity contribution in [1.82, 2.24) is 4.31 Å². The van der Waals surface area contributed by atoms with Gasteiger partial charge >= 0.3 is 0 Å². The highest BCUT2D eigenvalue weighted by molar-refractivity contribution is 7.89. The Bertz CT molecular complexity index is 712. The van der Waals surface area contributed by atoms with Crippen LogP contribution in [0, 0.1) is 5.92 Å². The third-order valence-corrected chi connectivity index (χ3v) is 6.58. The van der Waals surface area contributed by atoms with E-state index >= 15 is 0 Å². The minimum atomic E-state index is -3.20. The van der Waals surface area contributed by atoms with Crippen molar-refractivity contribution in [2.45, 2.75) is 32.6 Å². The number of carbonyl (C=O) groups excluding carboxylic acids is 1. The molecule has 0 atom stereocenters. The van der Waals surface area contributed by atoms with Crippen molar-refractivity contribution in [2.24, 2.45) is 5.92 Å². The van der Waals surface area contributed by atoms with E-state index in [4.69, 9.17) is 9.47 Å². The van der Waals surface area contributed by atoms with Crippen LogP contribution in [0.25, 0.3) is 0 Å². The predicted molar refractivity (Wildman–Crippen MR) is 101 cm³/mol. The van der Waals surface area contributed by atoms with Crippen LogP contribution < -0.4 is 14.8 Å². The smallest absolute Gasteiger partial charge is 0.227 e. The highest BCUT2D eigenvalue weighted by Crippen LogP contribution is 2.30. The highest BCUT2D eigenvalue weighted by Gasteiger charge is 2.30. The Morgan fingerprint density at radius 2 is 1.85 bits per heavy atom. The van der Waals surface area contributed by atoms with E-state index < -0.39 is 10.0 Å². The molecule has 0 spiro atoms. The van der Waals surface area contributed by atoms with E-state index in [-0.39, 0.29) is 17.6 Å². The van der Waals surface area contributed by atoms with Gasteiger partial charge in [0, 0.05) is 30.8 Å². The first-order chi connectivity index (χ1) is 12.4.